The van der Waals surface area contributed by atoms with E-state index in [-0.39, 0.29) is 24.7 Å². The molecule has 0 saturated heterocycles. The molecule has 0 fully saturated rings. The standard InChI is InChI=1S/C17H15N3O2/c18-19-13-16(21)11-12-20(15-9-5-2-6-10-15)17(22)14-7-3-1-4-8-14/h1-10,13H,11-12H2. The Labute approximate surface area is 128 Å². The monoisotopic (exact) mass is 293 g/mol. The second-order valence-electron chi connectivity index (χ2n) is 4.62. The molecule has 0 spiro atoms. The zero-order valence-corrected chi connectivity index (χ0v) is 11.9. The van der Waals surface area contributed by atoms with Gasteiger partial charge in [-0.3, -0.25) is 9.59 Å². The number of anilines is 1. The van der Waals surface area contributed by atoms with Crippen LogP contribution in [0.3, 0.4) is 0 Å². The van der Waals surface area contributed by atoms with Crippen molar-refractivity contribution in [2.75, 3.05) is 11.4 Å². The van der Waals surface area contributed by atoms with Crippen molar-refractivity contribution >= 4 is 23.6 Å². The first-order chi connectivity index (χ1) is 10.7. The zero-order valence-electron chi connectivity index (χ0n) is 11.9. The van der Waals surface area contributed by atoms with Gasteiger partial charge in [-0.2, -0.15) is 4.79 Å². The lowest BCUT2D eigenvalue weighted by molar-refractivity contribution is -0.115. The number of rotatable bonds is 6. The van der Waals surface area contributed by atoms with Gasteiger partial charge in [0, 0.05) is 24.2 Å². The molecule has 2 rings (SSSR count). The second-order valence-corrected chi connectivity index (χ2v) is 4.62. The summed E-state index contributed by atoms with van der Waals surface area (Å²) in [6.45, 7) is 0.211. The number of hydrogen-bond donors (Lipinski definition) is 0. The number of hydrogen-bond acceptors (Lipinski definition) is 2. The third-order valence-electron chi connectivity index (χ3n) is 3.12. The van der Waals surface area contributed by atoms with Crippen molar-refractivity contribution in [1.29, 1.82) is 0 Å². The van der Waals surface area contributed by atoms with Gasteiger partial charge in [0.15, 0.2) is 0 Å². The van der Waals surface area contributed by atoms with Crippen molar-refractivity contribution in [1.82, 2.24) is 0 Å². The first-order valence-electron chi connectivity index (χ1n) is 6.84. The normalized spacial score (nSPS) is 9.64. The molecule has 2 aromatic carbocycles. The molecule has 0 heterocycles. The van der Waals surface area contributed by atoms with Crippen LogP contribution in [0.25, 0.3) is 5.53 Å². The summed E-state index contributed by atoms with van der Waals surface area (Å²) >= 11 is 0. The molecular weight excluding hydrogens is 278 g/mol. The Morgan fingerprint density at radius 1 is 1.00 bits per heavy atom. The molecule has 5 heteroatoms. The summed E-state index contributed by atoms with van der Waals surface area (Å²) in [4.78, 5) is 28.4. The van der Waals surface area contributed by atoms with Crippen LogP contribution in [0.5, 0.6) is 0 Å². The number of amides is 1. The van der Waals surface area contributed by atoms with Gasteiger partial charge in [0.2, 0.25) is 5.78 Å². The molecule has 1 amide bonds. The van der Waals surface area contributed by atoms with E-state index in [4.69, 9.17) is 5.53 Å². The molecular formula is C17H15N3O2. The van der Waals surface area contributed by atoms with E-state index in [1.807, 2.05) is 36.4 Å². The summed E-state index contributed by atoms with van der Waals surface area (Å²) in [5, 5.41) is 0. The van der Waals surface area contributed by atoms with Gasteiger partial charge < -0.3 is 10.4 Å². The Bertz CT molecular complexity index is 692. The van der Waals surface area contributed by atoms with Gasteiger partial charge in [-0.1, -0.05) is 36.4 Å². The van der Waals surface area contributed by atoms with Crippen LogP contribution in [-0.4, -0.2) is 29.2 Å². The van der Waals surface area contributed by atoms with Crippen LogP contribution in [0.4, 0.5) is 5.69 Å². The number of ketones is 1. The molecule has 0 radical (unpaired) electrons. The predicted molar refractivity (Wildman–Crippen MR) is 83.9 cm³/mol. The highest BCUT2D eigenvalue weighted by atomic mass is 16.2. The number of Topliss-reactive ketones (excluding diaryl/α,β-unsaturated/α-hetero) is 1. The first kappa shape index (κ1) is 15.4. The Morgan fingerprint density at radius 2 is 1.59 bits per heavy atom. The van der Waals surface area contributed by atoms with Crippen LogP contribution in [0.2, 0.25) is 0 Å². The Hall–Kier alpha value is -3.04. The maximum absolute atomic E-state index is 12.6. The molecule has 0 aromatic heterocycles. The molecule has 2 aromatic rings. The van der Waals surface area contributed by atoms with E-state index < -0.39 is 0 Å². The molecule has 0 aliphatic rings. The topological polar surface area (TPSA) is 73.8 Å². The maximum atomic E-state index is 12.6. The Morgan fingerprint density at radius 3 is 2.18 bits per heavy atom. The quantitative estimate of drug-likeness (QED) is 0.466. The number of para-hydroxylation sites is 1. The molecule has 0 saturated carbocycles. The van der Waals surface area contributed by atoms with E-state index in [0.717, 1.165) is 6.21 Å². The van der Waals surface area contributed by atoms with E-state index in [9.17, 15) is 9.59 Å². The largest absolute Gasteiger partial charge is 0.361 e. The Kier molecular flexibility index (Phi) is 5.35. The highest BCUT2D eigenvalue weighted by molar-refractivity contribution is 6.25. The number of carbonyl (C=O) groups is 2. The fourth-order valence-corrected chi connectivity index (χ4v) is 2.04. The lowest BCUT2D eigenvalue weighted by atomic mass is 10.1. The molecule has 0 atom stereocenters. The van der Waals surface area contributed by atoms with Crippen molar-refractivity contribution in [2.45, 2.75) is 6.42 Å². The predicted octanol–water partition coefficient (Wildman–Crippen LogP) is 2.59. The maximum Gasteiger partial charge on any atom is 0.323 e. The van der Waals surface area contributed by atoms with Gasteiger partial charge in [0.05, 0.1) is 0 Å². The fraction of sp³-hybridized carbons (Fsp3) is 0.118. The van der Waals surface area contributed by atoms with Crippen molar-refractivity contribution in [3.63, 3.8) is 0 Å². The van der Waals surface area contributed by atoms with Gasteiger partial charge in [-0.15, -0.1) is 0 Å². The van der Waals surface area contributed by atoms with E-state index in [1.165, 1.54) is 0 Å². The van der Waals surface area contributed by atoms with Gasteiger partial charge >= 0.3 is 6.21 Å². The van der Waals surface area contributed by atoms with E-state index in [0.29, 0.717) is 11.3 Å². The minimum absolute atomic E-state index is 0.0809. The summed E-state index contributed by atoms with van der Waals surface area (Å²) in [5.41, 5.74) is 9.64. The summed E-state index contributed by atoms with van der Waals surface area (Å²) in [5.74, 6) is -0.523. The van der Waals surface area contributed by atoms with E-state index in [1.54, 1.807) is 29.2 Å². The molecule has 0 bridgehead atoms. The molecule has 0 N–H and O–H groups in total. The van der Waals surface area contributed by atoms with Crippen LogP contribution >= 0.6 is 0 Å². The van der Waals surface area contributed by atoms with Crippen LogP contribution in [0.1, 0.15) is 16.8 Å². The van der Waals surface area contributed by atoms with Gasteiger partial charge in [-0.05, 0) is 24.3 Å². The van der Waals surface area contributed by atoms with Crippen molar-refractivity contribution in [2.24, 2.45) is 0 Å². The summed E-state index contributed by atoms with van der Waals surface area (Å²) in [7, 11) is 0. The molecule has 0 aliphatic carbocycles. The smallest absolute Gasteiger partial charge is 0.323 e. The molecule has 0 unspecified atom stereocenters. The lowest BCUT2D eigenvalue weighted by Crippen LogP contribution is -2.33. The van der Waals surface area contributed by atoms with Crippen LogP contribution in [0.15, 0.2) is 60.7 Å². The zero-order chi connectivity index (χ0) is 15.8. The van der Waals surface area contributed by atoms with Crippen LogP contribution < -0.4 is 4.90 Å². The third-order valence-corrected chi connectivity index (χ3v) is 3.12. The van der Waals surface area contributed by atoms with Crippen molar-refractivity contribution in [3.05, 3.63) is 71.8 Å². The highest BCUT2D eigenvalue weighted by Crippen LogP contribution is 2.17. The lowest BCUT2D eigenvalue weighted by Gasteiger charge is -2.22. The number of benzene rings is 2. The van der Waals surface area contributed by atoms with Crippen molar-refractivity contribution in [3.8, 4) is 0 Å². The average molecular weight is 293 g/mol. The minimum atomic E-state index is -0.343. The minimum Gasteiger partial charge on any atom is -0.361 e. The number of carbonyl (C=O) groups excluding carboxylic acids is 2. The van der Waals surface area contributed by atoms with Gasteiger partial charge in [-0.25, -0.2) is 0 Å². The molecule has 0 aliphatic heterocycles. The van der Waals surface area contributed by atoms with E-state index in [2.05, 4.69) is 4.79 Å². The highest BCUT2D eigenvalue weighted by Gasteiger charge is 2.18. The molecule has 5 nitrogen and oxygen atoms in total. The van der Waals surface area contributed by atoms with Crippen LogP contribution in [-0.2, 0) is 4.79 Å². The average Bonchev–Trinajstić information content (AvgIpc) is 2.57. The van der Waals surface area contributed by atoms with Crippen molar-refractivity contribution < 1.29 is 14.4 Å². The van der Waals surface area contributed by atoms with Gasteiger partial charge in [0.1, 0.15) is 0 Å². The summed E-state index contributed by atoms with van der Waals surface area (Å²) < 4.78 is 0. The van der Waals surface area contributed by atoms with E-state index >= 15 is 0 Å². The van der Waals surface area contributed by atoms with Crippen LogP contribution in [0, 0.1) is 0 Å². The fourth-order valence-electron chi connectivity index (χ4n) is 2.04. The summed E-state index contributed by atoms with van der Waals surface area (Å²) in [6, 6.07) is 18.0. The number of nitrogens with zero attached hydrogens (tertiary/aromatic N) is 3. The Balaban J connectivity index is 2.24. The second kappa shape index (κ2) is 7.67. The molecule has 22 heavy (non-hydrogen) atoms. The third kappa shape index (κ3) is 3.98. The first-order valence-corrected chi connectivity index (χ1v) is 6.84. The van der Waals surface area contributed by atoms with Gasteiger partial charge in [0.25, 0.3) is 5.91 Å². The SMILES string of the molecule is [N-]=[N+]=CC(=O)CCN(C(=O)c1ccccc1)c1ccccc1. The summed E-state index contributed by atoms with van der Waals surface area (Å²) in [6.07, 6.45) is 0.924. The molecule has 110 valence electrons.